The predicted octanol–water partition coefficient (Wildman–Crippen LogP) is 5.26. The molecular formula is C27H25ClN2O5. The van der Waals surface area contributed by atoms with Gasteiger partial charge in [-0.25, -0.2) is 9.59 Å². The van der Waals surface area contributed by atoms with Gasteiger partial charge in [-0.3, -0.25) is 0 Å². The predicted molar refractivity (Wildman–Crippen MR) is 133 cm³/mol. The molecule has 3 aromatic carbocycles. The highest BCUT2D eigenvalue weighted by atomic mass is 35.5. The quantitative estimate of drug-likeness (QED) is 0.419. The molecule has 0 aliphatic carbocycles. The molecule has 0 saturated heterocycles. The summed E-state index contributed by atoms with van der Waals surface area (Å²) in [5, 5.41) is 6.27. The summed E-state index contributed by atoms with van der Waals surface area (Å²) in [7, 11) is 1.57. The highest BCUT2D eigenvalue weighted by molar-refractivity contribution is 6.30. The van der Waals surface area contributed by atoms with Crippen LogP contribution in [0.5, 0.6) is 11.5 Å². The van der Waals surface area contributed by atoms with Gasteiger partial charge in [0.15, 0.2) is 0 Å². The smallest absolute Gasteiger partial charge is 0.338 e. The number of hydrogen-bond acceptors (Lipinski definition) is 5. The van der Waals surface area contributed by atoms with E-state index in [1.165, 1.54) is 0 Å². The summed E-state index contributed by atoms with van der Waals surface area (Å²) in [6.07, 6.45) is 0. The van der Waals surface area contributed by atoms with Gasteiger partial charge in [0, 0.05) is 5.02 Å². The molecule has 180 valence electrons. The molecule has 4 rings (SSSR count). The number of benzene rings is 3. The summed E-state index contributed by atoms with van der Waals surface area (Å²) >= 11 is 5.95. The molecule has 0 bridgehead atoms. The molecule has 1 atom stereocenters. The van der Waals surface area contributed by atoms with Gasteiger partial charge in [-0.05, 0) is 72.1 Å². The van der Waals surface area contributed by atoms with Crippen LogP contribution in [0.25, 0.3) is 5.70 Å². The molecule has 1 heterocycles. The number of ether oxygens (including phenoxy) is 3. The minimum Gasteiger partial charge on any atom is -0.497 e. The normalized spacial score (nSPS) is 15.2. The van der Waals surface area contributed by atoms with Gasteiger partial charge in [0.1, 0.15) is 18.1 Å². The van der Waals surface area contributed by atoms with Crippen LogP contribution in [0, 0.1) is 0 Å². The van der Waals surface area contributed by atoms with E-state index in [9.17, 15) is 9.59 Å². The lowest BCUT2D eigenvalue weighted by molar-refractivity contribution is -0.138. The zero-order valence-electron chi connectivity index (χ0n) is 19.3. The Kier molecular flexibility index (Phi) is 7.57. The summed E-state index contributed by atoms with van der Waals surface area (Å²) in [4.78, 5) is 25.7. The molecule has 0 spiro atoms. The Morgan fingerprint density at radius 3 is 2.43 bits per heavy atom. The molecule has 0 radical (unpaired) electrons. The summed E-state index contributed by atoms with van der Waals surface area (Å²) in [5.41, 5.74) is 2.98. The second kappa shape index (κ2) is 11.0. The van der Waals surface area contributed by atoms with Crippen molar-refractivity contribution in [2.75, 3.05) is 13.7 Å². The number of halogens is 1. The standard InChI is InChI=1S/C27H25ClN2O5/c1-3-34-26(31)23-24(18-9-13-21(33-2)14-10-18)29-27(32)30-25(23)19-5-4-6-22(15-19)35-16-17-7-11-20(28)12-8-17/h4-15,25H,3,16H2,1-2H3,(H2,29,30,32). The zero-order chi connectivity index (χ0) is 24.8. The minimum absolute atomic E-state index is 0.198. The lowest BCUT2D eigenvalue weighted by Gasteiger charge is -2.29. The lowest BCUT2D eigenvalue weighted by atomic mass is 9.92. The van der Waals surface area contributed by atoms with E-state index in [2.05, 4.69) is 10.6 Å². The average molecular weight is 493 g/mol. The molecule has 7 nitrogen and oxygen atoms in total. The van der Waals surface area contributed by atoms with Crippen LogP contribution in [0.1, 0.15) is 29.7 Å². The van der Waals surface area contributed by atoms with E-state index >= 15 is 0 Å². The van der Waals surface area contributed by atoms with Crippen molar-refractivity contribution in [1.29, 1.82) is 0 Å². The van der Waals surface area contributed by atoms with Crippen molar-refractivity contribution >= 4 is 29.3 Å². The fourth-order valence-corrected chi connectivity index (χ4v) is 3.89. The number of nitrogens with one attached hydrogen (secondary N) is 2. The topological polar surface area (TPSA) is 85.9 Å². The SMILES string of the molecule is CCOC(=O)C1=C(c2ccc(OC)cc2)NC(=O)NC1c1cccc(OCc2ccc(Cl)cc2)c1. The van der Waals surface area contributed by atoms with E-state index in [0.29, 0.717) is 45.5 Å². The molecular weight excluding hydrogens is 468 g/mol. The monoisotopic (exact) mass is 492 g/mol. The molecule has 3 aromatic rings. The van der Waals surface area contributed by atoms with Gasteiger partial charge in [-0.2, -0.15) is 0 Å². The van der Waals surface area contributed by atoms with Crippen molar-refractivity contribution in [1.82, 2.24) is 10.6 Å². The van der Waals surface area contributed by atoms with Gasteiger partial charge < -0.3 is 24.8 Å². The van der Waals surface area contributed by atoms with Crippen molar-refractivity contribution in [3.05, 3.63) is 100 Å². The van der Waals surface area contributed by atoms with Crippen LogP contribution in [0.2, 0.25) is 5.02 Å². The number of methoxy groups -OCH3 is 1. The van der Waals surface area contributed by atoms with Gasteiger partial charge in [0.05, 0.1) is 31.0 Å². The summed E-state index contributed by atoms with van der Waals surface area (Å²) in [6, 6.07) is 20.6. The van der Waals surface area contributed by atoms with Crippen molar-refractivity contribution in [2.24, 2.45) is 0 Å². The zero-order valence-corrected chi connectivity index (χ0v) is 20.1. The largest absolute Gasteiger partial charge is 0.497 e. The van der Waals surface area contributed by atoms with E-state index in [1.807, 2.05) is 30.3 Å². The van der Waals surface area contributed by atoms with Crippen molar-refractivity contribution in [2.45, 2.75) is 19.6 Å². The van der Waals surface area contributed by atoms with Crippen LogP contribution >= 0.6 is 11.6 Å². The Balaban J connectivity index is 1.69. The molecule has 1 aliphatic heterocycles. The third-order valence-electron chi connectivity index (χ3n) is 5.46. The van der Waals surface area contributed by atoms with Gasteiger partial charge in [-0.1, -0.05) is 35.9 Å². The molecule has 0 saturated carbocycles. The van der Waals surface area contributed by atoms with Crippen LogP contribution in [0.3, 0.4) is 0 Å². The first kappa shape index (κ1) is 24.2. The number of carbonyl (C=O) groups is 2. The van der Waals surface area contributed by atoms with Gasteiger partial charge in [0.2, 0.25) is 0 Å². The average Bonchev–Trinajstić information content (AvgIpc) is 2.88. The fourth-order valence-electron chi connectivity index (χ4n) is 3.76. The van der Waals surface area contributed by atoms with Crippen LogP contribution in [-0.4, -0.2) is 25.7 Å². The number of amides is 2. The van der Waals surface area contributed by atoms with E-state index in [4.69, 9.17) is 25.8 Å². The fraction of sp³-hybridized carbons (Fsp3) is 0.185. The number of carbonyl (C=O) groups excluding carboxylic acids is 2. The third-order valence-corrected chi connectivity index (χ3v) is 5.71. The molecule has 0 fully saturated rings. The molecule has 0 aromatic heterocycles. The lowest BCUT2D eigenvalue weighted by Crippen LogP contribution is -2.45. The van der Waals surface area contributed by atoms with Crippen molar-refractivity contribution in [3.63, 3.8) is 0 Å². The Bertz CT molecular complexity index is 1240. The molecule has 8 heteroatoms. The Hall–Kier alpha value is -3.97. The van der Waals surface area contributed by atoms with Crippen molar-refractivity contribution < 1.29 is 23.8 Å². The first-order chi connectivity index (χ1) is 17.0. The third kappa shape index (κ3) is 5.75. The van der Waals surface area contributed by atoms with E-state index < -0.39 is 18.0 Å². The molecule has 35 heavy (non-hydrogen) atoms. The second-order valence-corrected chi connectivity index (χ2v) is 8.19. The van der Waals surface area contributed by atoms with Crippen LogP contribution < -0.4 is 20.1 Å². The number of esters is 1. The number of urea groups is 1. The molecule has 2 amide bonds. The number of hydrogen-bond donors (Lipinski definition) is 2. The highest BCUT2D eigenvalue weighted by Gasteiger charge is 2.34. The Morgan fingerprint density at radius 2 is 1.74 bits per heavy atom. The first-order valence-electron chi connectivity index (χ1n) is 11.1. The van der Waals surface area contributed by atoms with Crippen LogP contribution in [0.15, 0.2) is 78.4 Å². The maximum atomic E-state index is 13.1. The Labute approximate surface area is 208 Å². The maximum Gasteiger partial charge on any atom is 0.338 e. The molecule has 2 N–H and O–H groups in total. The summed E-state index contributed by atoms with van der Waals surface area (Å²) in [5.74, 6) is 0.733. The van der Waals surface area contributed by atoms with Crippen LogP contribution in [0.4, 0.5) is 4.79 Å². The van der Waals surface area contributed by atoms with Gasteiger partial charge in [-0.15, -0.1) is 0 Å². The molecule has 1 aliphatic rings. The number of rotatable bonds is 8. The van der Waals surface area contributed by atoms with Crippen LogP contribution in [-0.2, 0) is 16.1 Å². The van der Waals surface area contributed by atoms with Crippen molar-refractivity contribution in [3.8, 4) is 11.5 Å². The van der Waals surface area contributed by atoms with E-state index in [0.717, 1.165) is 5.56 Å². The summed E-state index contributed by atoms with van der Waals surface area (Å²) in [6.45, 7) is 2.28. The van der Waals surface area contributed by atoms with Gasteiger partial charge >= 0.3 is 12.0 Å². The van der Waals surface area contributed by atoms with Gasteiger partial charge in [0.25, 0.3) is 0 Å². The Morgan fingerprint density at radius 1 is 1.00 bits per heavy atom. The first-order valence-corrected chi connectivity index (χ1v) is 11.5. The maximum absolute atomic E-state index is 13.1. The summed E-state index contributed by atoms with van der Waals surface area (Å²) < 4.78 is 16.5. The second-order valence-electron chi connectivity index (χ2n) is 7.76. The van der Waals surface area contributed by atoms with E-state index in [1.54, 1.807) is 56.5 Å². The minimum atomic E-state index is -0.737. The molecule has 1 unspecified atom stereocenters. The van der Waals surface area contributed by atoms with E-state index in [-0.39, 0.29) is 6.61 Å². The highest BCUT2D eigenvalue weighted by Crippen LogP contribution is 2.34.